The number of carbonyl (C=O) groups excluding carboxylic acids is 2. The van der Waals surface area contributed by atoms with Crippen LogP contribution in [0.1, 0.15) is 20.9 Å². The smallest absolute Gasteiger partial charge is 0.291 e. The van der Waals surface area contributed by atoms with E-state index in [1.807, 2.05) is 36.4 Å². The number of nitrogens with one attached hydrogen (secondary N) is 2. The predicted molar refractivity (Wildman–Crippen MR) is 121 cm³/mol. The van der Waals surface area contributed by atoms with E-state index in [0.29, 0.717) is 22.8 Å². The van der Waals surface area contributed by atoms with Gasteiger partial charge in [0.05, 0.1) is 6.26 Å². The van der Waals surface area contributed by atoms with E-state index < -0.39 is 0 Å². The van der Waals surface area contributed by atoms with Crippen LogP contribution in [0.5, 0.6) is 0 Å². The zero-order chi connectivity index (χ0) is 21.9. The number of aromatic nitrogens is 1. The summed E-state index contributed by atoms with van der Waals surface area (Å²) in [6.45, 7) is 0. The van der Waals surface area contributed by atoms with Gasteiger partial charge in [-0.3, -0.25) is 9.59 Å². The van der Waals surface area contributed by atoms with Gasteiger partial charge >= 0.3 is 0 Å². The molecule has 32 heavy (non-hydrogen) atoms. The molecular formula is C25H17N3O4. The van der Waals surface area contributed by atoms with Crippen LogP contribution in [0.15, 0.2) is 100 Å². The van der Waals surface area contributed by atoms with Gasteiger partial charge in [-0.1, -0.05) is 18.2 Å². The van der Waals surface area contributed by atoms with Gasteiger partial charge in [-0.25, -0.2) is 4.98 Å². The van der Waals surface area contributed by atoms with Crippen LogP contribution in [0.3, 0.4) is 0 Å². The molecule has 0 bridgehead atoms. The number of oxazole rings is 1. The van der Waals surface area contributed by atoms with Gasteiger partial charge in [0.15, 0.2) is 11.3 Å². The molecule has 0 unspecified atom stereocenters. The van der Waals surface area contributed by atoms with Gasteiger partial charge < -0.3 is 19.5 Å². The number of fused-ring (bicyclic) bond motifs is 1. The molecule has 156 valence electrons. The highest BCUT2D eigenvalue weighted by molar-refractivity contribution is 6.06. The quantitative estimate of drug-likeness (QED) is 0.384. The van der Waals surface area contributed by atoms with Crippen molar-refractivity contribution >= 4 is 34.3 Å². The molecule has 0 saturated heterocycles. The fraction of sp³-hybridized carbons (Fsp3) is 0. The lowest BCUT2D eigenvalue weighted by Crippen LogP contribution is -2.14. The zero-order valence-corrected chi connectivity index (χ0v) is 16.7. The highest BCUT2D eigenvalue weighted by Gasteiger charge is 2.12. The first-order chi connectivity index (χ1) is 15.7. The molecule has 0 spiro atoms. The second-order valence-electron chi connectivity index (χ2n) is 7.03. The zero-order valence-electron chi connectivity index (χ0n) is 16.7. The van der Waals surface area contributed by atoms with E-state index in [-0.39, 0.29) is 17.6 Å². The Hall–Kier alpha value is -4.65. The van der Waals surface area contributed by atoms with Crippen LogP contribution in [-0.4, -0.2) is 16.8 Å². The summed E-state index contributed by atoms with van der Waals surface area (Å²) in [7, 11) is 0. The molecule has 0 radical (unpaired) electrons. The Morgan fingerprint density at radius 3 is 2.34 bits per heavy atom. The van der Waals surface area contributed by atoms with Gasteiger partial charge in [-0.15, -0.1) is 0 Å². The molecule has 0 atom stereocenters. The Kier molecular flexibility index (Phi) is 4.97. The lowest BCUT2D eigenvalue weighted by Gasteiger charge is -2.08. The van der Waals surface area contributed by atoms with Crippen molar-refractivity contribution in [3.05, 3.63) is 103 Å². The molecule has 0 fully saturated rings. The molecule has 5 rings (SSSR count). The van der Waals surface area contributed by atoms with Crippen molar-refractivity contribution in [1.82, 2.24) is 4.98 Å². The van der Waals surface area contributed by atoms with Crippen molar-refractivity contribution in [1.29, 1.82) is 0 Å². The Morgan fingerprint density at radius 2 is 1.56 bits per heavy atom. The molecule has 2 aromatic heterocycles. The lowest BCUT2D eigenvalue weighted by molar-refractivity contribution is 0.0993. The highest BCUT2D eigenvalue weighted by atomic mass is 16.3. The summed E-state index contributed by atoms with van der Waals surface area (Å²) in [5.74, 6) is 0.0269. The summed E-state index contributed by atoms with van der Waals surface area (Å²) in [5, 5.41) is 5.56. The molecule has 0 aliphatic heterocycles. The van der Waals surface area contributed by atoms with Crippen LogP contribution in [0.2, 0.25) is 0 Å². The largest absolute Gasteiger partial charge is 0.459 e. The first-order valence-corrected chi connectivity index (χ1v) is 9.88. The Balaban J connectivity index is 1.28. The summed E-state index contributed by atoms with van der Waals surface area (Å²) in [4.78, 5) is 29.3. The maximum atomic E-state index is 12.7. The normalized spacial score (nSPS) is 10.8. The summed E-state index contributed by atoms with van der Waals surface area (Å²) in [5.41, 5.74) is 3.84. The number of benzene rings is 3. The number of anilines is 2. The number of hydrogen-bond donors (Lipinski definition) is 2. The van der Waals surface area contributed by atoms with E-state index in [1.54, 1.807) is 48.5 Å². The molecular weight excluding hydrogens is 406 g/mol. The summed E-state index contributed by atoms with van der Waals surface area (Å²) in [6.07, 6.45) is 1.42. The lowest BCUT2D eigenvalue weighted by atomic mass is 10.1. The average Bonchev–Trinajstić information content (AvgIpc) is 3.50. The van der Waals surface area contributed by atoms with Crippen LogP contribution < -0.4 is 10.6 Å². The van der Waals surface area contributed by atoms with Crippen LogP contribution >= 0.6 is 0 Å². The molecule has 0 aliphatic rings. The van der Waals surface area contributed by atoms with Crippen LogP contribution in [-0.2, 0) is 0 Å². The van der Waals surface area contributed by atoms with Gasteiger partial charge in [-0.05, 0) is 66.7 Å². The standard InChI is InChI=1S/C25H17N3O4/c29-23(17-5-3-6-19(15-17)27-24(30)22-9-4-14-31-22)26-18-12-10-16(11-13-18)25-28-20-7-1-2-8-21(20)32-25/h1-15H,(H,26,29)(H,27,30). The number of nitrogens with zero attached hydrogens (tertiary/aromatic N) is 1. The van der Waals surface area contributed by atoms with Gasteiger partial charge in [-0.2, -0.15) is 0 Å². The van der Waals surface area contributed by atoms with Gasteiger partial charge in [0, 0.05) is 22.5 Å². The third kappa shape index (κ3) is 3.99. The van der Waals surface area contributed by atoms with Crippen LogP contribution in [0.25, 0.3) is 22.6 Å². The summed E-state index contributed by atoms with van der Waals surface area (Å²) in [6, 6.07) is 24.7. The van der Waals surface area contributed by atoms with E-state index in [9.17, 15) is 9.59 Å². The molecule has 2 amide bonds. The first-order valence-electron chi connectivity index (χ1n) is 9.88. The maximum absolute atomic E-state index is 12.7. The highest BCUT2D eigenvalue weighted by Crippen LogP contribution is 2.25. The van der Waals surface area contributed by atoms with Crippen molar-refractivity contribution in [3.8, 4) is 11.5 Å². The SMILES string of the molecule is O=C(Nc1ccc(-c2nc3ccccc3o2)cc1)c1cccc(NC(=O)c2ccco2)c1. The number of hydrogen-bond acceptors (Lipinski definition) is 5. The minimum Gasteiger partial charge on any atom is -0.459 e. The topological polar surface area (TPSA) is 97.4 Å². The van der Waals surface area contributed by atoms with Gasteiger partial charge in [0.2, 0.25) is 5.89 Å². The third-order valence-electron chi connectivity index (χ3n) is 4.81. The van der Waals surface area contributed by atoms with E-state index in [1.165, 1.54) is 6.26 Å². The molecule has 0 saturated carbocycles. The molecule has 0 aliphatic carbocycles. The van der Waals surface area contributed by atoms with E-state index in [2.05, 4.69) is 15.6 Å². The van der Waals surface area contributed by atoms with Crippen LogP contribution in [0, 0.1) is 0 Å². The molecule has 2 N–H and O–H groups in total. The van der Waals surface area contributed by atoms with Crippen molar-refractivity contribution in [3.63, 3.8) is 0 Å². The third-order valence-corrected chi connectivity index (χ3v) is 4.81. The molecule has 7 heteroatoms. The van der Waals surface area contributed by atoms with Crippen molar-refractivity contribution in [2.75, 3.05) is 10.6 Å². The predicted octanol–water partition coefficient (Wildman–Crippen LogP) is 5.59. The fourth-order valence-electron chi connectivity index (χ4n) is 3.23. The Labute approximate surface area is 182 Å². The van der Waals surface area contributed by atoms with Gasteiger partial charge in [0.1, 0.15) is 5.52 Å². The second kappa shape index (κ2) is 8.23. The number of rotatable bonds is 5. The first kappa shape index (κ1) is 19.3. The second-order valence-corrected chi connectivity index (χ2v) is 7.03. The minimum atomic E-state index is -0.387. The average molecular weight is 423 g/mol. The molecule has 5 aromatic rings. The minimum absolute atomic E-state index is 0.193. The van der Waals surface area contributed by atoms with Crippen molar-refractivity contribution in [2.24, 2.45) is 0 Å². The fourth-order valence-corrected chi connectivity index (χ4v) is 3.23. The van der Waals surface area contributed by atoms with E-state index in [4.69, 9.17) is 8.83 Å². The van der Waals surface area contributed by atoms with Crippen molar-refractivity contribution in [2.45, 2.75) is 0 Å². The number of furan rings is 1. The van der Waals surface area contributed by atoms with E-state index >= 15 is 0 Å². The monoisotopic (exact) mass is 423 g/mol. The van der Waals surface area contributed by atoms with Gasteiger partial charge in [0.25, 0.3) is 11.8 Å². The number of para-hydroxylation sites is 2. The maximum Gasteiger partial charge on any atom is 0.291 e. The Morgan fingerprint density at radius 1 is 0.750 bits per heavy atom. The van der Waals surface area contributed by atoms with E-state index in [0.717, 1.165) is 16.7 Å². The van der Waals surface area contributed by atoms with Crippen molar-refractivity contribution < 1.29 is 18.4 Å². The van der Waals surface area contributed by atoms with Crippen LogP contribution in [0.4, 0.5) is 11.4 Å². The molecule has 7 nitrogen and oxygen atoms in total. The number of carbonyl (C=O) groups is 2. The summed E-state index contributed by atoms with van der Waals surface area (Å²) >= 11 is 0. The number of amides is 2. The molecule has 3 aromatic carbocycles. The Bertz CT molecular complexity index is 1370. The molecule has 2 heterocycles. The summed E-state index contributed by atoms with van der Waals surface area (Å²) < 4.78 is 10.9.